The molecule has 1 unspecified atom stereocenters. The van der Waals surface area contributed by atoms with Crippen molar-refractivity contribution in [1.29, 1.82) is 0 Å². The lowest BCUT2D eigenvalue weighted by Gasteiger charge is -2.17. The molecule has 2 heterocycles. The maximum absolute atomic E-state index is 12.5. The highest BCUT2D eigenvalue weighted by Gasteiger charge is 2.32. The molecule has 1 aliphatic carbocycles. The summed E-state index contributed by atoms with van der Waals surface area (Å²) in [6.45, 7) is 3.14. The normalized spacial score (nSPS) is 18.8. The van der Waals surface area contributed by atoms with Crippen LogP contribution in [-0.2, 0) is 9.59 Å². The van der Waals surface area contributed by atoms with E-state index in [1.165, 1.54) is 24.4 Å². The minimum absolute atomic E-state index is 0.0121. The SMILES string of the molecule is COc1ccc(C2CC(=O)N(CC(=O)Nc3cc(C)ns3)C2)cc1OCC1CC1. The molecular weight excluding hydrogens is 390 g/mol. The second kappa shape index (κ2) is 8.41. The third kappa shape index (κ3) is 4.87. The number of anilines is 1. The molecule has 154 valence electrons. The first kappa shape index (κ1) is 19.7. The van der Waals surface area contributed by atoms with Gasteiger partial charge in [-0.15, -0.1) is 0 Å². The summed E-state index contributed by atoms with van der Waals surface area (Å²) in [5.74, 6) is 1.89. The van der Waals surface area contributed by atoms with Crippen molar-refractivity contribution in [3.63, 3.8) is 0 Å². The van der Waals surface area contributed by atoms with Gasteiger partial charge in [-0.1, -0.05) is 6.07 Å². The third-order valence-electron chi connectivity index (χ3n) is 5.27. The van der Waals surface area contributed by atoms with E-state index in [0.717, 1.165) is 17.0 Å². The van der Waals surface area contributed by atoms with Gasteiger partial charge in [-0.3, -0.25) is 9.59 Å². The Labute approximate surface area is 174 Å². The number of aryl methyl sites for hydroxylation is 1. The highest BCUT2D eigenvalue weighted by Crippen LogP contribution is 2.37. The summed E-state index contributed by atoms with van der Waals surface area (Å²) in [5.41, 5.74) is 1.90. The van der Waals surface area contributed by atoms with Crippen molar-refractivity contribution in [3.05, 3.63) is 35.5 Å². The molecule has 1 saturated heterocycles. The zero-order valence-electron chi connectivity index (χ0n) is 16.6. The summed E-state index contributed by atoms with van der Waals surface area (Å²) in [6, 6.07) is 7.66. The second-order valence-corrected chi connectivity index (χ2v) is 8.53. The lowest BCUT2D eigenvalue weighted by molar-refractivity contribution is -0.131. The maximum atomic E-state index is 12.5. The molecule has 4 rings (SSSR count). The van der Waals surface area contributed by atoms with Gasteiger partial charge in [0.1, 0.15) is 5.00 Å². The van der Waals surface area contributed by atoms with E-state index in [1.807, 2.05) is 31.2 Å². The fourth-order valence-electron chi connectivity index (χ4n) is 3.47. The van der Waals surface area contributed by atoms with Crippen molar-refractivity contribution in [2.24, 2.45) is 5.92 Å². The molecule has 2 aliphatic rings. The average Bonchev–Trinajstić information content (AvgIpc) is 3.35. The molecular formula is C21H25N3O4S. The fraction of sp³-hybridized carbons (Fsp3) is 0.476. The first-order valence-electron chi connectivity index (χ1n) is 9.83. The van der Waals surface area contributed by atoms with Crippen LogP contribution in [0, 0.1) is 12.8 Å². The van der Waals surface area contributed by atoms with Gasteiger partial charge >= 0.3 is 0 Å². The van der Waals surface area contributed by atoms with E-state index < -0.39 is 0 Å². The first-order chi connectivity index (χ1) is 14.0. The predicted molar refractivity (Wildman–Crippen MR) is 111 cm³/mol. The summed E-state index contributed by atoms with van der Waals surface area (Å²) >= 11 is 1.24. The third-order valence-corrected chi connectivity index (χ3v) is 6.07. The molecule has 1 saturated carbocycles. The fourth-order valence-corrected chi connectivity index (χ4v) is 4.15. The maximum Gasteiger partial charge on any atom is 0.244 e. The lowest BCUT2D eigenvalue weighted by Crippen LogP contribution is -2.34. The standard InChI is InChI=1S/C21H25N3O4S/c1-13-7-20(29-23-13)22-19(25)11-24-10-16(9-21(24)26)15-5-6-17(27-2)18(8-15)28-12-14-3-4-14/h5-8,14,16H,3-4,9-12H2,1-2H3,(H,22,25). The van der Waals surface area contributed by atoms with Crippen molar-refractivity contribution in [2.45, 2.75) is 32.1 Å². The van der Waals surface area contributed by atoms with Gasteiger partial charge in [-0.25, -0.2) is 0 Å². The van der Waals surface area contributed by atoms with Crippen molar-refractivity contribution in [2.75, 3.05) is 32.1 Å². The van der Waals surface area contributed by atoms with Gasteiger partial charge in [0, 0.05) is 18.9 Å². The molecule has 1 N–H and O–H groups in total. The van der Waals surface area contributed by atoms with Gasteiger partial charge in [-0.2, -0.15) is 4.37 Å². The number of carbonyl (C=O) groups excluding carboxylic acids is 2. The Morgan fingerprint density at radius 2 is 2.14 bits per heavy atom. The Balaban J connectivity index is 1.38. The van der Waals surface area contributed by atoms with Gasteiger partial charge in [0.25, 0.3) is 0 Å². The minimum atomic E-state index is -0.203. The second-order valence-electron chi connectivity index (χ2n) is 7.72. The summed E-state index contributed by atoms with van der Waals surface area (Å²) in [4.78, 5) is 26.4. The van der Waals surface area contributed by atoms with Crippen LogP contribution in [0.1, 0.15) is 36.4 Å². The first-order valence-corrected chi connectivity index (χ1v) is 10.6. The van der Waals surface area contributed by atoms with Gasteiger partial charge in [0.15, 0.2) is 11.5 Å². The van der Waals surface area contributed by atoms with Crippen LogP contribution in [0.4, 0.5) is 5.00 Å². The molecule has 8 heteroatoms. The summed E-state index contributed by atoms with van der Waals surface area (Å²) in [6.07, 6.45) is 2.83. The van der Waals surface area contributed by atoms with E-state index in [2.05, 4.69) is 9.69 Å². The molecule has 1 atom stereocenters. The number of nitrogens with zero attached hydrogens (tertiary/aromatic N) is 2. The van der Waals surface area contributed by atoms with Gasteiger partial charge in [0.05, 0.1) is 26.0 Å². The Morgan fingerprint density at radius 1 is 1.31 bits per heavy atom. The van der Waals surface area contributed by atoms with E-state index in [-0.39, 0.29) is 24.3 Å². The van der Waals surface area contributed by atoms with Crippen LogP contribution in [0.25, 0.3) is 0 Å². The summed E-state index contributed by atoms with van der Waals surface area (Å²) < 4.78 is 15.5. The molecule has 2 aromatic rings. The molecule has 29 heavy (non-hydrogen) atoms. The van der Waals surface area contributed by atoms with Gasteiger partial charge < -0.3 is 19.7 Å². The molecule has 1 aliphatic heterocycles. The minimum Gasteiger partial charge on any atom is -0.493 e. The molecule has 0 radical (unpaired) electrons. The number of ether oxygens (including phenoxy) is 2. The zero-order chi connectivity index (χ0) is 20.4. The summed E-state index contributed by atoms with van der Waals surface area (Å²) in [5, 5.41) is 3.51. The molecule has 1 aromatic carbocycles. The number of carbonyl (C=O) groups is 2. The van der Waals surface area contributed by atoms with Crippen LogP contribution < -0.4 is 14.8 Å². The Bertz CT molecular complexity index is 909. The molecule has 0 bridgehead atoms. The van der Waals surface area contributed by atoms with E-state index in [0.29, 0.717) is 36.2 Å². The topological polar surface area (TPSA) is 80.8 Å². The molecule has 7 nitrogen and oxygen atoms in total. The van der Waals surface area contributed by atoms with Crippen molar-refractivity contribution >= 4 is 28.3 Å². The van der Waals surface area contributed by atoms with Crippen LogP contribution in [0.3, 0.4) is 0 Å². The number of likely N-dealkylation sites (tertiary alicyclic amines) is 1. The number of aromatic nitrogens is 1. The highest BCUT2D eigenvalue weighted by atomic mass is 32.1. The monoisotopic (exact) mass is 415 g/mol. The van der Waals surface area contributed by atoms with Crippen molar-refractivity contribution in [3.8, 4) is 11.5 Å². The Hall–Kier alpha value is -2.61. The zero-order valence-corrected chi connectivity index (χ0v) is 17.5. The molecule has 0 spiro atoms. The van der Waals surface area contributed by atoms with Crippen LogP contribution in [0.2, 0.25) is 0 Å². The molecule has 2 fully saturated rings. The number of methoxy groups -OCH3 is 1. The number of rotatable bonds is 8. The van der Waals surface area contributed by atoms with Crippen LogP contribution in [-0.4, -0.2) is 47.9 Å². The number of hydrogen-bond donors (Lipinski definition) is 1. The van der Waals surface area contributed by atoms with Crippen LogP contribution >= 0.6 is 11.5 Å². The smallest absolute Gasteiger partial charge is 0.244 e. The van der Waals surface area contributed by atoms with E-state index in [4.69, 9.17) is 9.47 Å². The van der Waals surface area contributed by atoms with Crippen molar-refractivity contribution in [1.82, 2.24) is 9.27 Å². The molecule has 1 aromatic heterocycles. The predicted octanol–water partition coefficient (Wildman–Crippen LogP) is 3.20. The van der Waals surface area contributed by atoms with E-state index in [9.17, 15) is 9.59 Å². The summed E-state index contributed by atoms with van der Waals surface area (Å²) in [7, 11) is 1.63. The quantitative estimate of drug-likeness (QED) is 0.716. The van der Waals surface area contributed by atoms with Crippen molar-refractivity contribution < 1.29 is 19.1 Å². The number of benzene rings is 1. The lowest BCUT2D eigenvalue weighted by atomic mass is 9.98. The van der Waals surface area contributed by atoms with Crippen LogP contribution in [0.5, 0.6) is 11.5 Å². The Kier molecular flexibility index (Phi) is 5.71. The number of hydrogen-bond acceptors (Lipinski definition) is 6. The highest BCUT2D eigenvalue weighted by molar-refractivity contribution is 7.10. The largest absolute Gasteiger partial charge is 0.493 e. The van der Waals surface area contributed by atoms with Gasteiger partial charge in [0.2, 0.25) is 11.8 Å². The number of nitrogens with one attached hydrogen (secondary N) is 1. The molecule has 2 amide bonds. The Morgan fingerprint density at radius 3 is 2.83 bits per heavy atom. The average molecular weight is 416 g/mol. The van der Waals surface area contributed by atoms with Crippen LogP contribution in [0.15, 0.2) is 24.3 Å². The van der Waals surface area contributed by atoms with Gasteiger partial charge in [-0.05, 0) is 61.0 Å². The van der Waals surface area contributed by atoms with E-state index >= 15 is 0 Å². The number of amides is 2. The van der Waals surface area contributed by atoms with E-state index in [1.54, 1.807) is 12.0 Å².